The molecule has 8 heteroatoms. The highest BCUT2D eigenvalue weighted by atomic mass is 32.1. The van der Waals surface area contributed by atoms with E-state index in [0.29, 0.717) is 16.7 Å². The van der Waals surface area contributed by atoms with E-state index in [1.165, 1.54) is 11.3 Å². The Hall–Kier alpha value is -2.06. The Morgan fingerprint density at radius 2 is 2.22 bits per heavy atom. The normalized spacial score (nSPS) is 11.1. The van der Waals surface area contributed by atoms with E-state index in [-0.39, 0.29) is 5.91 Å². The molecule has 0 aliphatic carbocycles. The molecule has 1 N–H and O–H groups in total. The number of aromatic nitrogens is 4. The highest BCUT2D eigenvalue weighted by Crippen LogP contribution is 2.24. The van der Waals surface area contributed by atoms with Crippen LogP contribution in [-0.4, -0.2) is 25.9 Å². The Bertz CT molecular complexity index is 804. The number of thiophene rings is 1. The zero-order chi connectivity index (χ0) is 16.4. The number of aryl methyl sites for hydroxylation is 1. The van der Waals surface area contributed by atoms with Gasteiger partial charge < -0.3 is 0 Å². The summed E-state index contributed by atoms with van der Waals surface area (Å²) in [6.45, 7) is 4.25. The van der Waals surface area contributed by atoms with Gasteiger partial charge in [0.1, 0.15) is 16.4 Å². The fourth-order valence-corrected chi connectivity index (χ4v) is 3.75. The molecular weight excluding hydrogens is 330 g/mol. The standard InChI is InChI=1S/C15H17N5OS2/c1-9(2)7-13-17-18-15(23-13)16-14(21)11-8-10(19-20(11)3)12-5-4-6-22-12/h4-6,8-9H,7H2,1-3H3,(H,16,18,21). The molecule has 0 fully saturated rings. The number of anilines is 1. The van der Waals surface area contributed by atoms with Gasteiger partial charge in [-0.3, -0.25) is 14.8 Å². The Morgan fingerprint density at radius 1 is 1.39 bits per heavy atom. The molecule has 0 saturated heterocycles. The molecule has 0 aliphatic rings. The summed E-state index contributed by atoms with van der Waals surface area (Å²) < 4.78 is 1.58. The monoisotopic (exact) mass is 347 g/mol. The van der Waals surface area contributed by atoms with Crippen molar-refractivity contribution in [2.75, 3.05) is 5.32 Å². The second-order valence-corrected chi connectivity index (χ2v) is 7.58. The first-order valence-corrected chi connectivity index (χ1v) is 8.94. The molecule has 0 unspecified atom stereocenters. The molecule has 3 aromatic rings. The average molecular weight is 347 g/mol. The minimum absolute atomic E-state index is 0.227. The van der Waals surface area contributed by atoms with Crippen LogP contribution in [0.1, 0.15) is 29.3 Å². The number of hydrogen-bond acceptors (Lipinski definition) is 6. The van der Waals surface area contributed by atoms with Gasteiger partial charge in [-0.05, 0) is 23.4 Å². The third kappa shape index (κ3) is 3.65. The molecule has 0 saturated carbocycles. The smallest absolute Gasteiger partial charge is 0.275 e. The molecule has 3 aromatic heterocycles. The predicted octanol–water partition coefficient (Wildman–Crippen LogP) is 3.45. The largest absolute Gasteiger partial charge is 0.295 e. The van der Waals surface area contributed by atoms with Gasteiger partial charge in [-0.2, -0.15) is 5.10 Å². The number of hydrogen-bond donors (Lipinski definition) is 1. The van der Waals surface area contributed by atoms with E-state index < -0.39 is 0 Å². The van der Waals surface area contributed by atoms with E-state index >= 15 is 0 Å². The molecule has 0 aliphatic heterocycles. The second-order valence-electron chi connectivity index (χ2n) is 5.57. The van der Waals surface area contributed by atoms with Gasteiger partial charge in [0, 0.05) is 13.5 Å². The van der Waals surface area contributed by atoms with E-state index in [1.54, 1.807) is 29.1 Å². The summed E-state index contributed by atoms with van der Waals surface area (Å²) in [6.07, 6.45) is 0.863. The van der Waals surface area contributed by atoms with E-state index in [2.05, 4.69) is 34.5 Å². The summed E-state index contributed by atoms with van der Waals surface area (Å²) >= 11 is 3.01. The fraction of sp³-hybridized carbons (Fsp3) is 0.333. The lowest BCUT2D eigenvalue weighted by Gasteiger charge is -2.00. The lowest BCUT2D eigenvalue weighted by Crippen LogP contribution is -2.15. The van der Waals surface area contributed by atoms with Crippen molar-refractivity contribution in [3.8, 4) is 10.6 Å². The fourth-order valence-electron chi connectivity index (χ4n) is 2.12. The molecule has 3 heterocycles. The third-order valence-corrected chi connectivity index (χ3v) is 4.91. The molecule has 6 nitrogen and oxygen atoms in total. The van der Waals surface area contributed by atoms with Crippen LogP contribution in [0, 0.1) is 5.92 Å². The van der Waals surface area contributed by atoms with Crippen molar-refractivity contribution in [2.45, 2.75) is 20.3 Å². The summed E-state index contributed by atoms with van der Waals surface area (Å²) in [5, 5.41) is 18.8. The maximum atomic E-state index is 12.4. The molecule has 0 spiro atoms. The van der Waals surface area contributed by atoms with Gasteiger partial charge in [0.25, 0.3) is 5.91 Å². The number of rotatable bonds is 5. The van der Waals surface area contributed by atoms with Crippen molar-refractivity contribution >= 4 is 33.7 Å². The lowest BCUT2D eigenvalue weighted by molar-refractivity contribution is 0.101. The lowest BCUT2D eigenvalue weighted by atomic mass is 10.1. The molecule has 0 radical (unpaired) electrons. The minimum atomic E-state index is -0.227. The summed E-state index contributed by atoms with van der Waals surface area (Å²) in [6, 6.07) is 5.74. The van der Waals surface area contributed by atoms with Crippen LogP contribution in [0.15, 0.2) is 23.6 Å². The van der Waals surface area contributed by atoms with E-state index in [0.717, 1.165) is 22.0 Å². The van der Waals surface area contributed by atoms with Gasteiger partial charge in [0.2, 0.25) is 5.13 Å². The summed E-state index contributed by atoms with van der Waals surface area (Å²) in [5.41, 5.74) is 1.29. The van der Waals surface area contributed by atoms with Crippen LogP contribution >= 0.6 is 22.7 Å². The Kier molecular flexibility index (Phi) is 4.53. The van der Waals surface area contributed by atoms with Crippen molar-refractivity contribution in [1.82, 2.24) is 20.0 Å². The number of nitrogens with one attached hydrogen (secondary N) is 1. The van der Waals surface area contributed by atoms with Crippen LogP contribution in [-0.2, 0) is 13.5 Å². The van der Waals surface area contributed by atoms with Crippen molar-refractivity contribution in [3.63, 3.8) is 0 Å². The maximum absolute atomic E-state index is 12.4. The van der Waals surface area contributed by atoms with Crippen molar-refractivity contribution in [3.05, 3.63) is 34.3 Å². The van der Waals surface area contributed by atoms with Crippen molar-refractivity contribution in [2.24, 2.45) is 13.0 Å². The average Bonchev–Trinajstić information content (AvgIpc) is 3.18. The van der Waals surface area contributed by atoms with Gasteiger partial charge in [-0.25, -0.2) is 0 Å². The zero-order valence-electron chi connectivity index (χ0n) is 13.1. The summed E-state index contributed by atoms with van der Waals surface area (Å²) in [5.74, 6) is 0.284. The molecule has 120 valence electrons. The molecular formula is C15H17N5OS2. The van der Waals surface area contributed by atoms with Gasteiger partial charge in [-0.1, -0.05) is 31.3 Å². The van der Waals surface area contributed by atoms with Crippen LogP contribution in [0.5, 0.6) is 0 Å². The Labute approximate surface area is 142 Å². The number of carbonyl (C=O) groups is 1. The van der Waals surface area contributed by atoms with Crippen LogP contribution < -0.4 is 5.32 Å². The van der Waals surface area contributed by atoms with Gasteiger partial charge in [0.05, 0.1) is 4.88 Å². The first-order valence-electron chi connectivity index (χ1n) is 7.24. The topological polar surface area (TPSA) is 72.7 Å². The van der Waals surface area contributed by atoms with E-state index in [1.807, 2.05) is 17.5 Å². The predicted molar refractivity (Wildman–Crippen MR) is 92.9 cm³/mol. The second kappa shape index (κ2) is 6.59. The highest BCUT2D eigenvalue weighted by molar-refractivity contribution is 7.15. The van der Waals surface area contributed by atoms with Crippen LogP contribution in [0.3, 0.4) is 0 Å². The molecule has 0 aromatic carbocycles. The third-order valence-electron chi connectivity index (χ3n) is 3.16. The molecule has 3 rings (SSSR count). The molecule has 23 heavy (non-hydrogen) atoms. The van der Waals surface area contributed by atoms with Crippen LogP contribution in [0.4, 0.5) is 5.13 Å². The minimum Gasteiger partial charge on any atom is -0.295 e. The first-order chi connectivity index (χ1) is 11.0. The maximum Gasteiger partial charge on any atom is 0.275 e. The van der Waals surface area contributed by atoms with Crippen molar-refractivity contribution < 1.29 is 4.79 Å². The first kappa shape index (κ1) is 15.8. The zero-order valence-corrected chi connectivity index (χ0v) is 14.7. The molecule has 0 atom stereocenters. The highest BCUT2D eigenvalue weighted by Gasteiger charge is 2.17. The number of amides is 1. The Balaban J connectivity index is 1.74. The van der Waals surface area contributed by atoms with Crippen LogP contribution in [0.2, 0.25) is 0 Å². The van der Waals surface area contributed by atoms with E-state index in [9.17, 15) is 4.79 Å². The summed E-state index contributed by atoms with van der Waals surface area (Å²) in [4.78, 5) is 13.5. The van der Waals surface area contributed by atoms with Crippen LogP contribution in [0.25, 0.3) is 10.6 Å². The van der Waals surface area contributed by atoms with Crippen molar-refractivity contribution in [1.29, 1.82) is 0 Å². The SMILES string of the molecule is CC(C)Cc1nnc(NC(=O)c2cc(-c3cccs3)nn2C)s1. The molecule has 0 bridgehead atoms. The van der Waals surface area contributed by atoms with Gasteiger partial charge >= 0.3 is 0 Å². The van der Waals surface area contributed by atoms with Gasteiger partial charge in [0.15, 0.2) is 0 Å². The van der Waals surface area contributed by atoms with E-state index in [4.69, 9.17) is 0 Å². The summed E-state index contributed by atoms with van der Waals surface area (Å²) in [7, 11) is 1.76. The number of nitrogens with zero attached hydrogens (tertiary/aromatic N) is 4. The van der Waals surface area contributed by atoms with Gasteiger partial charge in [-0.15, -0.1) is 21.5 Å². The molecule has 1 amide bonds. The number of carbonyl (C=O) groups excluding carboxylic acids is 1. The Morgan fingerprint density at radius 3 is 2.91 bits per heavy atom. The quantitative estimate of drug-likeness (QED) is 0.767.